The number of methoxy groups -OCH3 is 2. The van der Waals surface area contributed by atoms with Crippen LogP contribution in [0.2, 0.25) is 10.0 Å². The third kappa shape index (κ3) is 4.25. The van der Waals surface area contributed by atoms with E-state index in [4.69, 9.17) is 32.7 Å². The first-order chi connectivity index (χ1) is 15.8. The lowest BCUT2D eigenvalue weighted by atomic mass is 10.1. The lowest BCUT2D eigenvalue weighted by Crippen LogP contribution is -2.40. The molecule has 0 aliphatic carbocycles. The minimum Gasteiger partial charge on any atom is -0.493 e. The van der Waals surface area contributed by atoms with Crippen molar-refractivity contribution in [3.8, 4) is 17.2 Å². The Labute approximate surface area is 198 Å². The number of ketones is 1. The summed E-state index contributed by atoms with van der Waals surface area (Å²) in [5, 5.41) is 1.13. The van der Waals surface area contributed by atoms with Gasteiger partial charge in [-0.2, -0.15) is 0 Å². The lowest BCUT2D eigenvalue weighted by Gasteiger charge is -2.16. The van der Waals surface area contributed by atoms with Crippen molar-refractivity contribution in [2.45, 2.75) is 6.54 Å². The number of aromatic nitrogens is 2. The van der Waals surface area contributed by atoms with Gasteiger partial charge in [-0.1, -0.05) is 23.2 Å². The highest BCUT2D eigenvalue weighted by Gasteiger charge is 2.20. The van der Waals surface area contributed by atoms with Crippen molar-refractivity contribution in [1.29, 1.82) is 0 Å². The maximum atomic E-state index is 13.5. The number of hydrogen-bond donors (Lipinski definition) is 0. The number of rotatable bonds is 6. The van der Waals surface area contributed by atoms with Crippen LogP contribution in [-0.2, 0) is 6.54 Å². The Morgan fingerprint density at radius 3 is 1.97 bits per heavy atom. The minimum atomic E-state index is -0.677. The van der Waals surface area contributed by atoms with Gasteiger partial charge in [0.2, 0.25) is 0 Å². The number of halogens is 2. The van der Waals surface area contributed by atoms with Crippen LogP contribution in [0.1, 0.15) is 10.4 Å². The van der Waals surface area contributed by atoms with Gasteiger partial charge >= 0.3 is 5.69 Å². The van der Waals surface area contributed by atoms with Crippen LogP contribution in [0.4, 0.5) is 0 Å². The molecule has 9 heteroatoms. The quantitative estimate of drug-likeness (QED) is 0.380. The number of fused-ring (bicyclic) bond motifs is 1. The number of ether oxygens (including phenoxy) is 2. The summed E-state index contributed by atoms with van der Waals surface area (Å²) in [6.07, 6.45) is 0. The molecule has 33 heavy (non-hydrogen) atoms. The van der Waals surface area contributed by atoms with Crippen molar-refractivity contribution in [3.63, 3.8) is 0 Å². The molecule has 4 aromatic rings. The summed E-state index contributed by atoms with van der Waals surface area (Å²) in [5.41, 5.74) is -0.295. The zero-order valence-corrected chi connectivity index (χ0v) is 19.2. The van der Waals surface area contributed by atoms with Gasteiger partial charge in [0.05, 0.1) is 37.4 Å². The van der Waals surface area contributed by atoms with Crippen molar-refractivity contribution < 1.29 is 14.3 Å². The molecule has 1 heterocycles. The fraction of sp³-hybridized carbons (Fsp3) is 0.125. The summed E-state index contributed by atoms with van der Waals surface area (Å²) in [6.45, 7) is -0.305. The summed E-state index contributed by atoms with van der Waals surface area (Å²) in [7, 11) is 2.89. The SMILES string of the molecule is COc1cc2c(=O)n(-c3ccc(Cl)cc3)c(=O)n(CC(=O)c3ccc(Cl)cc3)c2cc1OC. The molecule has 1 aromatic heterocycles. The highest BCUT2D eigenvalue weighted by atomic mass is 35.5. The largest absolute Gasteiger partial charge is 0.493 e. The molecule has 3 aromatic carbocycles. The predicted octanol–water partition coefficient (Wildman–Crippen LogP) is 4.36. The second-order valence-electron chi connectivity index (χ2n) is 7.14. The van der Waals surface area contributed by atoms with E-state index in [0.717, 1.165) is 4.57 Å². The molecule has 168 valence electrons. The number of hydrogen-bond acceptors (Lipinski definition) is 5. The van der Waals surface area contributed by atoms with Crippen LogP contribution in [0.3, 0.4) is 0 Å². The number of nitrogens with zero attached hydrogens (tertiary/aromatic N) is 2. The highest BCUT2D eigenvalue weighted by Crippen LogP contribution is 2.30. The molecule has 4 rings (SSSR count). The van der Waals surface area contributed by atoms with Crippen LogP contribution in [0.15, 0.2) is 70.3 Å². The van der Waals surface area contributed by atoms with Gasteiger partial charge in [0.1, 0.15) is 0 Å². The summed E-state index contributed by atoms with van der Waals surface area (Å²) in [6, 6.07) is 15.6. The van der Waals surface area contributed by atoms with Crippen molar-refractivity contribution in [2.24, 2.45) is 0 Å². The first-order valence-corrected chi connectivity index (χ1v) is 10.6. The lowest BCUT2D eigenvalue weighted by molar-refractivity contribution is 0.0971. The van der Waals surface area contributed by atoms with Gasteiger partial charge in [-0.05, 0) is 54.6 Å². The van der Waals surface area contributed by atoms with E-state index >= 15 is 0 Å². The third-order valence-electron chi connectivity index (χ3n) is 5.20. The zero-order chi connectivity index (χ0) is 23.7. The fourth-order valence-corrected chi connectivity index (χ4v) is 3.79. The Hall–Kier alpha value is -3.55. The Bertz CT molecular complexity index is 1470. The Morgan fingerprint density at radius 2 is 1.39 bits per heavy atom. The van der Waals surface area contributed by atoms with E-state index in [1.54, 1.807) is 48.5 Å². The van der Waals surface area contributed by atoms with Gasteiger partial charge in [-0.3, -0.25) is 14.2 Å². The molecular formula is C24H18Cl2N2O5. The van der Waals surface area contributed by atoms with Crippen LogP contribution < -0.4 is 20.7 Å². The summed E-state index contributed by atoms with van der Waals surface area (Å²) < 4.78 is 12.9. The molecule has 0 fully saturated rings. The molecule has 0 unspecified atom stereocenters. The van der Waals surface area contributed by atoms with E-state index < -0.39 is 11.2 Å². The second-order valence-corrected chi connectivity index (χ2v) is 8.01. The van der Waals surface area contributed by atoms with E-state index in [9.17, 15) is 14.4 Å². The van der Waals surface area contributed by atoms with E-state index in [1.165, 1.54) is 30.9 Å². The Balaban J connectivity index is 2.00. The van der Waals surface area contributed by atoms with Crippen molar-refractivity contribution in [1.82, 2.24) is 9.13 Å². The topological polar surface area (TPSA) is 79.5 Å². The summed E-state index contributed by atoms with van der Waals surface area (Å²) >= 11 is 11.9. The Morgan fingerprint density at radius 1 is 0.848 bits per heavy atom. The first-order valence-electron chi connectivity index (χ1n) is 9.80. The van der Waals surface area contributed by atoms with E-state index in [-0.39, 0.29) is 23.2 Å². The number of Topliss-reactive ketones (excluding diaryl/α,β-unsaturated/α-hetero) is 1. The monoisotopic (exact) mass is 484 g/mol. The van der Waals surface area contributed by atoms with Crippen molar-refractivity contribution in [3.05, 3.63) is 97.1 Å². The number of carbonyl (C=O) groups is 1. The first kappa shape index (κ1) is 22.6. The molecule has 0 aliphatic rings. The second kappa shape index (κ2) is 9.13. The number of carbonyl (C=O) groups excluding carboxylic acids is 1. The van der Waals surface area contributed by atoms with Gasteiger partial charge in [0, 0.05) is 21.7 Å². The van der Waals surface area contributed by atoms with E-state index in [0.29, 0.717) is 32.8 Å². The maximum absolute atomic E-state index is 13.5. The smallest absolute Gasteiger partial charge is 0.336 e. The predicted molar refractivity (Wildman–Crippen MR) is 128 cm³/mol. The van der Waals surface area contributed by atoms with Crippen LogP contribution in [0.5, 0.6) is 11.5 Å². The van der Waals surface area contributed by atoms with E-state index in [2.05, 4.69) is 0 Å². The Kier molecular flexibility index (Phi) is 6.26. The zero-order valence-electron chi connectivity index (χ0n) is 17.7. The number of benzene rings is 3. The molecule has 0 N–H and O–H groups in total. The fourth-order valence-electron chi connectivity index (χ4n) is 3.54. The van der Waals surface area contributed by atoms with Crippen LogP contribution in [0.25, 0.3) is 16.6 Å². The van der Waals surface area contributed by atoms with Crippen molar-refractivity contribution in [2.75, 3.05) is 14.2 Å². The van der Waals surface area contributed by atoms with Crippen molar-refractivity contribution >= 4 is 39.9 Å². The molecule has 0 radical (unpaired) electrons. The van der Waals surface area contributed by atoms with Gasteiger partial charge in [0.25, 0.3) is 5.56 Å². The van der Waals surface area contributed by atoms with E-state index in [1.807, 2.05) is 0 Å². The maximum Gasteiger partial charge on any atom is 0.336 e. The van der Waals surface area contributed by atoms with Crippen LogP contribution in [-0.4, -0.2) is 29.1 Å². The van der Waals surface area contributed by atoms with Gasteiger partial charge in [0.15, 0.2) is 17.3 Å². The van der Waals surface area contributed by atoms with Gasteiger partial charge < -0.3 is 9.47 Å². The molecule has 0 saturated carbocycles. The molecule has 0 saturated heterocycles. The highest BCUT2D eigenvalue weighted by molar-refractivity contribution is 6.30. The minimum absolute atomic E-state index is 0.186. The van der Waals surface area contributed by atoms with Crippen LogP contribution in [0, 0.1) is 0 Å². The molecule has 0 aliphatic heterocycles. The molecule has 0 atom stereocenters. The average Bonchev–Trinajstić information content (AvgIpc) is 2.82. The van der Waals surface area contributed by atoms with Gasteiger partial charge in [-0.15, -0.1) is 0 Å². The normalized spacial score (nSPS) is 10.9. The molecular weight excluding hydrogens is 467 g/mol. The molecule has 0 bridgehead atoms. The molecule has 7 nitrogen and oxygen atoms in total. The van der Waals surface area contributed by atoms with Gasteiger partial charge in [-0.25, -0.2) is 9.36 Å². The summed E-state index contributed by atoms with van der Waals surface area (Å²) in [5.74, 6) is 0.311. The third-order valence-corrected chi connectivity index (χ3v) is 5.71. The van der Waals surface area contributed by atoms with Crippen LogP contribution >= 0.6 is 23.2 Å². The summed E-state index contributed by atoms with van der Waals surface area (Å²) in [4.78, 5) is 39.9. The average molecular weight is 485 g/mol. The standard InChI is InChI=1S/C24H18Cl2N2O5/c1-32-21-11-18-19(12-22(21)33-2)27(13-20(29)14-3-5-15(25)6-4-14)24(31)28(23(18)30)17-9-7-16(26)8-10-17/h3-12H,13H2,1-2H3. The molecule has 0 amide bonds. The molecule has 0 spiro atoms.